The van der Waals surface area contributed by atoms with Crippen molar-refractivity contribution < 1.29 is 14.7 Å². The molecule has 0 saturated heterocycles. The average Bonchev–Trinajstić information content (AvgIpc) is 2.81. The minimum absolute atomic E-state index is 0.258. The summed E-state index contributed by atoms with van der Waals surface area (Å²) in [4.78, 5) is 24.0. The number of nitrogens with zero attached hydrogens (tertiary/aromatic N) is 2. The van der Waals surface area contributed by atoms with Gasteiger partial charge in [-0.25, -0.2) is 4.79 Å². The number of hydrogen-bond acceptors (Lipinski definition) is 3. The van der Waals surface area contributed by atoms with E-state index in [1.165, 1.54) is 0 Å². The fourth-order valence-corrected chi connectivity index (χ4v) is 2.88. The van der Waals surface area contributed by atoms with Gasteiger partial charge in [0.15, 0.2) is 0 Å². The Labute approximate surface area is 147 Å². The molecule has 0 aliphatic heterocycles. The minimum Gasteiger partial charge on any atom is -0.480 e. The molecule has 1 heterocycles. The van der Waals surface area contributed by atoms with Gasteiger partial charge in [0, 0.05) is 25.1 Å². The Morgan fingerprint density at radius 3 is 2.36 bits per heavy atom. The predicted molar refractivity (Wildman–Crippen MR) is 95.3 cm³/mol. The van der Waals surface area contributed by atoms with Gasteiger partial charge in [-0.05, 0) is 31.4 Å². The van der Waals surface area contributed by atoms with Gasteiger partial charge in [0.2, 0.25) is 5.91 Å². The van der Waals surface area contributed by atoms with E-state index in [1.807, 2.05) is 58.2 Å². The minimum atomic E-state index is -1.03. The number of aryl methyl sites for hydroxylation is 2. The molecule has 0 spiro atoms. The first-order valence-electron chi connectivity index (χ1n) is 8.35. The smallest absolute Gasteiger partial charge is 0.326 e. The van der Waals surface area contributed by atoms with Crippen molar-refractivity contribution in [1.82, 2.24) is 15.1 Å². The van der Waals surface area contributed by atoms with Crippen LogP contribution >= 0.6 is 0 Å². The van der Waals surface area contributed by atoms with Gasteiger partial charge in [0.1, 0.15) is 6.04 Å². The lowest BCUT2D eigenvalue weighted by Gasteiger charge is -2.18. The van der Waals surface area contributed by atoms with Crippen LogP contribution in [0, 0.1) is 19.8 Å². The van der Waals surface area contributed by atoms with Crippen LogP contribution in [0.1, 0.15) is 29.4 Å². The highest BCUT2D eigenvalue weighted by atomic mass is 16.4. The number of benzene rings is 1. The van der Waals surface area contributed by atoms with E-state index in [0.29, 0.717) is 6.42 Å². The molecule has 1 amide bonds. The molecule has 0 saturated carbocycles. The molecule has 2 aromatic rings. The third kappa shape index (κ3) is 4.68. The molecule has 2 N–H and O–H groups in total. The van der Waals surface area contributed by atoms with Crippen LogP contribution in [0.15, 0.2) is 30.3 Å². The summed E-state index contributed by atoms with van der Waals surface area (Å²) in [5.74, 6) is -1.62. The number of hydrogen-bond donors (Lipinski definition) is 2. The Hall–Kier alpha value is -2.63. The van der Waals surface area contributed by atoms with Gasteiger partial charge in [-0.15, -0.1) is 0 Å². The molecule has 1 unspecified atom stereocenters. The number of carbonyl (C=O) groups excluding carboxylic acids is 1. The topological polar surface area (TPSA) is 84.2 Å². The van der Waals surface area contributed by atoms with E-state index in [1.54, 1.807) is 4.68 Å². The Balaban J connectivity index is 2.03. The number of aromatic nitrogens is 2. The van der Waals surface area contributed by atoms with Gasteiger partial charge < -0.3 is 10.4 Å². The second-order valence-electron chi connectivity index (χ2n) is 6.47. The monoisotopic (exact) mass is 343 g/mol. The maximum atomic E-state index is 12.5. The van der Waals surface area contributed by atoms with Gasteiger partial charge >= 0.3 is 5.97 Å². The van der Waals surface area contributed by atoms with E-state index in [-0.39, 0.29) is 18.2 Å². The fraction of sp³-hybridized carbons (Fsp3) is 0.421. The molecule has 134 valence electrons. The van der Waals surface area contributed by atoms with Crippen LogP contribution in [-0.4, -0.2) is 32.8 Å². The largest absolute Gasteiger partial charge is 0.480 e. The van der Waals surface area contributed by atoms with Crippen LogP contribution in [0.4, 0.5) is 0 Å². The summed E-state index contributed by atoms with van der Waals surface area (Å²) in [5, 5.41) is 16.4. The number of aliphatic carboxylic acids is 1. The fourth-order valence-electron chi connectivity index (χ4n) is 2.88. The summed E-state index contributed by atoms with van der Waals surface area (Å²) < 4.78 is 1.80. The standard InChI is InChI=1S/C19H25N3O3/c1-12(10-16-13(2)21-22(4)14(16)3)18(23)20-17(19(24)25)11-15-8-6-5-7-9-15/h5-9,12,17H,10-11H2,1-4H3,(H,20,23)(H,24,25)/t12?,17-/m1/s1. The summed E-state index contributed by atoms with van der Waals surface area (Å²) in [6.07, 6.45) is 0.800. The first-order valence-corrected chi connectivity index (χ1v) is 8.35. The van der Waals surface area contributed by atoms with Crippen LogP contribution in [0.3, 0.4) is 0 Å². The van der Waals surface area contributed by atoms with Crippen LogP contribution in [0.5, 0.6) is 0 Å². The van der Waals surface area contributed by atoms with Crippen molar-refractivity contribution in [3.63, 3.8) is 0 Å². The van der Waals surface area contributed by atoms with Gasteiger partial charge in [-0.1, -0.05) is 37.3 Å². The third-order valence-corrected chi connectivity index (χ3v) is 4.51. The summed E-state index contributed by atoms with van der Waals surface area (Å²) in [5.41, 5.74) is 3.84. The number of rotatable bonds is 7. The van der Waals surface area contributed by atoms with E-state index in [0.717, 1.165) is 22.5 Å². The van der Waals surface area contributed by atoms with Crippen LogP contribution in [-0.2, 0) is 29.5 Å². The molecule has 0 aliphatic carbocycles. The van der Waals surface area contributed by atoms with Crippen LogP contribution in [0.2, 0.25) is 0 Å². The molecule has 0 radical (unpaired) electrons. The van der Waals surface area contributed by atoms with Crippen molar-refractivity contribution >= 4 is 11.9 Å². The molecular formula is C19H25N3O3. The Kier molecular flexibility index (Phi) is 5.96. The number of carbonyl (C=O) groups is 2. The SMILES string of the molecule is Cc1nn(C)c(C)c1CC(C)C(=O)N[C@H](Cc1ccccc1)C(=O)O. The predicted octanol–water partition coefficient (Wildman–Crippen LogP) is 2.03. The zero-order valence-corrected chi connectivity index (χ0v) is 15.1. The molecule has 1 aromatic heterocycles. The highest BCUT2D eigenvalue weighted by Crippen LogP contribution is 2.17. The van der Waals surface area contributed by atoms with E-state index in [9.17, 15) is 14.7 Å². The first kappa shape index (κ1) is 18.7. The summed E-state index contributed by atoms with van der Waals surface area (Å²) >= 11 is 0. The number of amides is 1. The highest BCUT2D eigenvalue weighted by molar-refractivity contribution is 5.85. The molecule has 1 aromatic carbocycles. The van der Waals surface area contributed by atoms with Crippen molar-refractivity contribution in [1.29, 1.82) is 0 Å². The average molecular weight is 343 g/mol. The van der Waals surface area contributed by atoms with Crippen molar-refractivity contribution in [2.45, 2.75) is 39.7 Å². The normalized spacial score (nSPS) is 13.3. The lowest BCUT2D eigenvalue weighted by Crippen LogP contribution is -2.44. The molecular weight excluding hydrogens is 318 g/mol. The van der Waals surface area contributed by atoms with Gasteiger partial charge in [0.25, 0.3) is 0 Å². The molecule has 0 bridgehead atoms. The van der Waals surface area contributed by atoms with E-state index < -0.39 is 12.0 Å². The van der Waals surface area contributed by atoms with Gasteiger partial charge in [0.05, 0.1) is 5.69 Å². The summed E-state index contributed by atoms with van der Waals surface area (Å²) in [7, 11) is 1.87. The molecule has 25 heavy (non-hydrogen) atoms. The van der Waals surface area contributed by atoms with Crippen LogP contribution in [0.25, 0.3) is 0 Å². The number of carboxylic acids is 1. The van der Waals surface area contributed by atoms with E-state index >= 15 is 0 Å². The summed E-state index contributed by atoms with van der Waals surface area (Å²) in [6.45, 7) is 5.69. The maximum absolute atomic E-state index is 12.5. The quantitative estimate of drug-likeness (QED) is 0.806. The summed E-state index contributed by atoms with van der Waals surface area (Å²) in [6, 6.07) is 8.35. The third-order valence-electron chi connectivity index (χ3n) is 4.51. The van der Waals surface area contributed by atoms with Gasteiger partial charge in [-0.2, -0.15) is 5.10 Å². The number of carboxylic acid groups (broad SMARTS) is 1. The molecule has 2 atom stereocenters. The second kappa shape index (κ2) is 7.96. The van der Waals surface area contributed by atoms with Crippen LogP contribution < -0.4 is 5.32 Å². The molecule has 0 aliphatic rings. The molecule has 0 fully saturated rings. The van der Waals surface area contributed by atoms with Crippen molar-refractivity contribution in [2.75, 3.05) is 0 Å². The van der Waals surface area contributed by atoms with Crippen molar-refractivity contribution in [3.05, 3.63) is 52.8 Å². The lowest BCUT2D eigenvalue weighted by molar-refractivity contribution is -0.142. The second-order valence-corrected chi connectivity index (χ2v) is 6.47. The Morgan fingerprint density at radius 2 is 1.84 bits per heavy atom. The van der Waals surface area contributed by atoms with Crippen molar-refractivity contribution in [2.24, 2.45) is 13.0 Å². The van der Waals surface area contributed by atoms with Crippen molar-refractivity contribution in [3.8, 4) is 0 Å². The Bertz CT molecular complexity index is 753. The zero-order valence-electron chi connectivity index (χ0n) is 15.1. The Morgan fingerprint density at radius 1 is 1.20 bits per heavy atom. The number of nitrogens with one attached hydrogen (secondary N) is 1. The first-order chi connectivity index (χ1) is 11.8. The molecule has 2 rings (SSSR count). The maximum Gasteiger partial charge on any atom is 0.326 e. The van der Waals surface area contributed by atoms with E-state index in [4.69, 9.17) is 0 Å². The highest BCUT2D eigenvalue weighted by Gasteiger charge is 2.24. The zero-order chi connectivity index (χ0) is 18.6. The molecule has 6 heteroatoms. The van der Waals surface area contributed by atoms with Gasteiger partial charge in [-0.3, -0.25) is 9.48 Å². The molecule has 6 nitrogen and oxygen atoms in total. The van der Waals surface area contributed by atoms with E-state index in [2.05, 4.69) is 10.4 Å². The lowest BCUT2D eigenvalue weighted by atomic mass is 9.98.